The standard InChI is InChI=1S/C10H10O2.3C2H6/c1-3-9-6-4-5-7-10(9)12-8(2)11;3*1-2/h3-7H,1H2,2H3;3*1-2H3. The van der Waals surface area contributed by atoms with Gasteiger partial charge in [0.05, 0.1) is 0 Å². The van der Waals surface area contributed by atoms with Crippen molar-refractivity contribution in [2.45, 2.75) is 48.5 Å². The normalized spacial score (nSPS) is 7.06. The lowest BCUT2D eigenvalue weighted by atomic mass is 10.2. The van der Waals surface area contributed by atoms with E-state index in [4.69, 9.17) is 4.74 Å². The van der Waals surface area contributed by atoms with Crippen molar-refractivity contribution in [2.24, 2.45) is 0 Å². The fraction of sp³-hybridized carbons (Fsp3) is 0.438. The number of benzene rings is 1. The molecule has 0 aliphatic rings. The number of hydrogen-bond donors (Lipinski definition) is 0. The monoisotopic (exact) mass is 252 g/mol. The first kappa shape index (κ1) is 21.7. The van der Waals surface area contributed by atoms with E-state index in [-0.39, 0.29) is 5.97 Å². The highest BCUT2D eigenvalue weighted by Gasteiger charge is 2.00. The van der Waals surface area contributed by atoms with Crippen molar-refractivity contribution in [3.63, 3.8) is 0 Å². The van der Waals surface area contributed by atoms with E-state index < -0.39 is 0 Å². The van der Waals surface area contributed by atoms with Crippen LogP contribution in [0.2, 0.25) is 0 Å². The van der Waals surface area contributed by atoms with Gasteiger partial charge in [-0.1, -0.05) is 72.4 Å². The van der Waals surface area contributed by atoms with Gasteiger partial charge in [-0.15, -0.1) is 0 Å². The van der Waals surface area contributed by atoms with Gasteiger partial charge in [-0.3, -0.25) is 4.79 Å². The molecule has 2 nitrogen and oxygen atoms in total. The smallest absolute Gasteiger partial charge is 0.308 e. The van der Waals surface area contributed by atoms with Gasteiger partial charge in [0.25, 0.3) is 0 Å². The van der Waals surface area contributed by atoms with Crippen molar-refractivity contribution >= 4 is 12.0 Å². The molecule has 0 bridgehead atoms. The Morgan fingerprint density at radius 2 is 1.50 bits per heavy atom. The van der Waals surface area contributed by atoms with E-state index in [1.165, 1.54) is 6.92 Å². The van der Waals surface area contributed by atoms with E-state index in [1.807, 2.05) is 59.7 Å². The third-order valence-corrected chi connectivity index (χ3v) is 1.39. The lowest BCUT2D eigenvalue weighted by Crippen LogP contribution is -2.02. The summed E-state index contributed by atoms with van der Waals surface area (Å²) in [5.41, 5.74) is 0.827. The lowest BCUT2D eigenvalue weighted by molar-refractivity contribution is -0.131. The van der Waals surface area contributed by atoms with Crippen molar-refractivity contribution in [1.82, 2.24) is 0 Å². The predicted octanol–water partition coefficient (Wildman–Crippen LogP) is 5.33. The van der Waals surface area contributed by atoms with Gasteiger partial charge in [-0.05, 0) is 6.07 Å². The van der Waals surface area contributed by atoms with E-state index in [0.717, 1.165) is 5.56 Å². The molecular weight excluding hydrogens is 224 g/mol. The largest absolute Gasteiger partial charge is 0.426 e. The number of ether oxygens (including phenoxy) is 1. The number of rotatable bonds is 2. The predicted molar refractivity (Wildman–Crippen MR) is 81.9 cm³/mol. The number of carbonyl (C=O) groups is 1. The summed E-state index contributed by atoms with van der Waals surface area (Å²) in [5, 5.41) is 0. The van der Waals surface area contributed by atoms with Crippen LogP contribution in [0.5, 0.6) is 5.75 Å². The fourth-order valence-electron chi connectivity index (χ4n) is 0.897. The van der Waals surface area contributed by atoms with Crippen molar-refractivity contribution in [2.75, 3.05) is 0 Å². The van der Waals surface area contributed by atoms with Gasteiger partial charge in [0.1, 0.15) is 5.75 Å². The Labute approximate surface area is 113 Å². The van der Waals surface area contributed by atoms with Gasteiger partial charge in [-0.2, -0.15) is 0 Å². The average Bonchev–Trinajstić information content (AvgIpc) is 2.45. The van der Waals surface area contributed by atoms with Gasteiger partial charge in [-0.25, -0.2) is 0 Å². The Kier molecular flexibility index (Phi) is 21.5. The topological polar surface area (TPSA) is 26.3 Å². The number of hydrogen-bond acceptors (Lipinski definition) is 2. The molecule has 0 atom stereocenters. The molecule has 0 aliphatic heterocycles. The minimum Gasteiger partial charge on any atom is -0.426 e. The van der Waals surface area contributed by atoms with Gasteiger partial charge in [0.2, 0.25) is 0 Å². The fourth-order valence-corrected chi connectivity index (χ4v) is 0.897. The first-order valence-electron chi connectivity index (χ1n) is 6.64. The molecule has 0 unspecified atom stereocenters. The molecule has 0 amide bonds. The van der Waals surface area contributed by atoms with Crippen LogP contribution in [0.4, 0.5) is 0 Å². The van der Waals surface area contributed by atoms with Crippen LogP contribution in [0.3, 0.4) is 0 Å². The highest BCUT2D eigenvalue weighted by molar-refractivity contribution is 5.71. The van der Waals surface area contributed by atoms with E-state index >= 15 is 0 Å². The summed E-state index contributed by atoms with van der Waals surface area (Å²) in [4.78, 5) is 10.6. The Balaban J connectivity index is -0.000000328. The van der Waals surface area contributed by atoms with E-state index in [0.29, 0.717) is 5.75 Å². The molecule has 1 aromatic carbocycles. The summed E-state index contributed by atoms with van der Waals surface area (Å²) in [6.45, 7) is 17.0. The third-order valence-electron chi connectivity index (χ3n) is 1.39. The molecule has 0 radical (unpaired) electrons. The third kappa shape index (κ3) is 10.9. The second-order valence-electron chi connectivity index (χ2n) is 2.34. The van der Waals surface area contributed by atoms with Crippen LogP contribution in [-0.2, 0) is 4.79 Å². The van der Waals surface area contributed by atoms with Crippen LogP contribution in [0.1, 0.15) is 54.0 Å². The molecule has 0 aromatic heterocycles. The van der Waals surface area contributed by atoms with Gasteiger partial charge < -0.3 is 4.74 Å². The molecule has 0 fully saturated rings. The van der Waals surface area contributed by atoms with E-state index in [9.17, 15) is 4.79 Å². The first-order chi connectivity index (χ1) is 8.74. The quantitative estimate of drug-likeness (QED) is 0.525. The zero-order chi connectivity index (χ0) is 15.0. The van der Waals surface area contributed by atoms with Gasteiger partial charge >= 0.3 is 5.97 Å². The highest BCUT2D eigenvalue weighted by atomic mass is 16.5. The molecule has 0 spiro atoms. The molecule has 0 N–H and O–H groups in total. The summed E-state index contributed by atoms with van der Waals surface area (Å²) < 4.78 is 4.93. The molecule has 1 rings (SSSR count). The molecule has 0 saturated carbocycles. The molecule has 1 aromatic rings. The second-order valence-corrected chi connectivity index (χ2v) is 2.34. The van der Waals surface area contributed by atoms with Crippen LogP contribution in [0, 0.1) is 0 Å². The van der Waals surface area contributed by atoms with Crippen LogP contribution >= 0.6 is 0 Å². The van der Waals surface area contributed by atoms with E-state index in [2.05, 4.69) is 6.58 Å². The van der Waals surface area contributed by atoms with Crippen LogP contribution < -0.4 is 4.74 Å². The van der Waals surface area contributed by atoms with Crippen molar-refractivity contribution < 1.29 is 9.53 Å². The summed E-state index contributed by atoms with van der Waals surface area (Å²) in [6, 6.07) is 7.25. The molecule has 2 heteroatoms. The van der Waals surface area contributed by atoms with Crippen molar-refractivity contribution in [3.8, 4) is 5.75 Å². The molecule has 0 saturated heterocycles. The summed E-state index contributed by atoms with van der Waals surface area (Å²) in [6.07, 6.45) is 1.65. The van der Waals surface area contributed by atoms with E-state index in [1.54, 1.807) is 12.1 Å². The SMILES string of the molecule is C=Cc1ccccc1OC(C)=O.CC.CC.CC. The number of para-hydroxylation sites is 1. The number of carbonyl (C=O) groups excluding carboxylic acids is 1. The van der Waals surface area contributed by atoms with Gasteiger partial charge in [0.15, 0.2) is 0 Å². The summed E-state index contributed by atoms with van der Waals surface area (Å²) in [7, 11) is 0. The van der Waals surface area contributed by atoms with Crippen LogP contribution in [0.15, 0.2) is 30.8 Å². The maximum atomic E-state index is 10.6. The second kappa shape index (κ2) is 17.8. The van der Waals surface area contributed by atoms with Crippen LogP contribution in [0.25, 0.3) is 6.08 Å². The molecular formula is C16H28O2. The molecule has 0 aliphatic carbocycles. The number of esters is 1. The lowest BCUT2D eigenvalue weighted by Gasteiger charge is -2.03. The summed E-state index contributed by atoms with van der Waals surface area (Å²) >= 11 is 0. The minimum absolute atomic E-state index is 0.315. The van der Waals surface area contributed by atoms with Gasteiger partial charge in [0, 0.05) is 12.5 Å². The first-order valence-corrected chi connectivity index (χ1v) is 6.64. The molecule has 0 heterocycles. The Hall–Kier alpha value is -1.57. The highest BCUT2D eigenvalue weighted by Crippen LogP contribution is 2.18. The Bertz CT molecular complexity index is 304. The Morgan fingerprint density at radius 1 is 1.06 bits per heavy atom. The zero-order valence-electron chi connectivity index (χ0n) is 12.9. The Morgan fingerprint density at radius 3 is 1.89 bits per heavy atom. The summed E-state index contributed by atoms with van der Waals surface area (Å²) in [5.74, 6) is 0.240. The maximum absolute atomic E-state index is 10.6. The van der Waals surface area contributed by atoms with Crippen molar-refractivity contribution in [3.05, 3.63) is 36.4 Å². The van der Waals surface area contributed by atoms with Crippen molar-refractivity contribution in [1.29, 1.82) is 0 Å². The maximum Gasteiger partial charge on any atom is 0.308 e. The molecule has 18 heavy (non-hydrogen) atoms. The van der Waals surface area contributed by atoms with Crippen LogP contribution in [-0.4, -0.2) is 5.97 Å². The zero-order valence-corrected chi connectivity index (χ0v) is 12.9. The minimum atomic E-state index is -0.315. The molecule has 104 valence electrons. The average molecular weight is 252 g/mol.